The van der Waals surface area contributed by atoms with E-state index in [9.17, 15) is 9.18 Å². The minimum atomic E-state index is -0.503. The first-order valence-electron chi connectivity index (χ1n) is 5.94. The van der Waals surface area contributed by atoms with E-state index in [2.05, 4.69) is 21.2 Å². The topological polar surface area (TPSA) is 38.3 Å². The summed E-state index contributed by atoms with van der Waals surface area (Å²) in [5.74, 6) is -0.383. The molecule has 1 amide bonds. The van der Waals surface area contributed by atoms with Crippen LogP contribution in [0.25, 0.3) is 0 Å². The van der Waals surface area contributed by atoms with Gasteiger partial charge in [0.25, 0.3) is 5.91 Å². The molecule has 3 nitrogen and oxygen atoms in total. The molecule has 5 heteroatoms. The van der Waals surface area contributed by atoms with Crippen LogP contribution < -0.4 is 10.1 Å². The van der Waals surface area contributed by atoms with Crippen LogP contribution in [0.3, 0.4) is 0 Å². The van der Waals surface area contributed by atoms with Crippen molar-refractivity contribution in [2.24, 2.45) is 0 Å². The van der Waals surface area contributed by atoms with Gasteiger partial charge in [-0.25, -0.2) is 4.39 Å². The third kappa shape index (κ3) is 3.36. The zero-order valence-electron chi connectivity index (χ0n) is 10.8. The number of amides is 1. The molecule has 0 unspecified atom stereocenters. The van der Waals surface area contributed by atoms with E-state index < -0.39 is 5.82 Å². The highest BCUT2D eigenvalue weighted by atomic mass is 79.9. The Morgan fingerprint density at radius 1 is 1.25 bits per heavy atom. The third-order valence-corrected chi connectivity index (χ3v) is 3.44. The zero-order chi connectivity index (χ0) is 14.5. The number of nitrogens with one attached hydrogen (secondary N) is 1. The monoisotopic (exact) mass is 337 g/mol. The second-order valence-electron chi connectivity index (χ2n) is 4.13. The molecule has 0 aliphatic heterocycles. The average molecular weight is 338 g/mol. The Bertz CT molecular complexity index is 614. The van der Waals surface area contributed by atoms with E-state index >= 15 is 0 Å². The maximum Gasteiger partial charge on any atom is 0.255 e. The van der Waals surface area contributed by atoms with Gasteiger partial charge in [0.1, 0.15) is 11.6 Å². The standard InChI is InChI=1S/C15H13BrFNO2/c1-20-12-6-7-13(17)14(8-12)18-15(19)11-4-2-10(9-16)3-5-11/h2-8H,9H2,1H3,(H,18,19). The zero-order valence-corrected chi connectivity index (χ0v) is 12.4. The molecular weight excluding hydrogens is 325 g/mol. The van der Waals surface area contributed by atoms with Crippen molar-refractivity contribution < 1.29 is 13.9 Å². The second-order valence-corrected chi connectivity index (χ2v) is 4.69. The Balaban J connectivity index is 2.18. The molecule has 0 spiro atoms. The maximum atomic E-state index is 13.6. The molecule has 104 valence electrons. The minimum absolute atomic E-state index is 0.0962. The number of ether oxygens (including phenoxy) is 1. The van der Waals surface area contributed by atoms with Gasteiger partial charge in [-0.2, -0.15) is 0 Å². The number of alkyl halides is 1. The van der Waals surface area contributed by atoms with Crippen LogP contribution in [0.1, 0.15) is 15.9 Å². The van der Waals surface area contributed by atoms with E-state index in [4.69, 9.17) is 4.74 Å². The largest absolute Gasteiger partial charge is 0.497 e. The Morgan fingerprint density at radius 3 is 2.55 bits per heavy atom. The van der Waals surface area contributed by atoms with Crippen molar-refractivity contribution in [1.82, 2.24) is 0 Å². The number of methoxy groups -OCH3 is 1. The lowest BCUT2D eigenvalue weighted by Gasteiger charge is -2.08. The molecule has 0 aliphatic rings. The molecule has 20 heavy (non-hydrogen) atoms. The van der Waals surface area contributed by atoms with Crippen molar-refractivity contribution in [1.29, 1.82) is 0 Å². The van der Waals surface area contributed by atoms with Crippen LogP contribution in [-0.2, 0) is 5.33 Å². The molecule has 1 N–H and O–H groups in total. The molecule has 0 radical (unpaired) electrons. The summed E-state index contributed by atoms with van der Waals surface area (Å²) >= 11 is 3.33. The van der Waals surface area contributed by atoms with Crippen molar-refractivity contribution in [3.8, 4) is 5.75 Å². The number of halogens is 2. The van der Waals surface area contributed by atoms with Crippen molar-refractivity contribution in [2.75, 3.05) is 12.4 Å². The Labute approximate surface area is 124 Å². The van der Waals surface area contributed by atoms with E-state index in [0.717, 1.165) is 10.9 Å². The first-order valence-corrected chi connectivity index (χ1v) is 7.06. The van der Waals surface area contributed by atoms with Gasteiger partial charge in [-0.15, -0.1) is 0 Å². The van der Waals surface area contributed by atoms with Gasteiger partial charge in [-0.1, -0.05) is 28.1 Å². The smallest absolute Gasteiger partial charge is 0.255 e. The Kier molecular flexibility index (Phi) is 4.74. The number of carbonyl (C=O) groups is 1. The van der Waals surface area contributed by atoms with Crippen LogP contribution >= 0.6 is 15.9 Å². The van der Waals surface area contributed by atoms with E-state index in [0.29, 0.717) is 11.3 Å². The van der Waals surface area contributed by atoms with Crippen LogP contribution in [0.4, 0.5) is 10.1 Å². The molecule has 0 heterocycles. The summed E-state index contributed by atoms with van der Waals surface area (Å²) in [4.78, 5) is 12.0. The van der Waals surface area contributed by atoms with Crippen LogP contribution in [-0.4, -0.2) is 13.0 Å². The van der Waals surface area contributed by atoms with Crippen molar-refractivity contribution >= 4 is 27.5 Å². The molecular formula is C15H13BrFNO2. The van der Waals surface area contributed by atoms with Crippen LogP contribution in [0, 0.1) is 5.82 Å². The number of carbonyl (C=O) groups excluding carboxylic acids is 1. The van der Waals surface area contributed by atoms with Gasteiger partial charge in [0.15, 0.2) is 0 Å². The van der Waals surface area contributed by atoms with Gasteiger partial charge in [0.05, 0.1) is 12.8 Å². The SMILES string of the molecule is COc1ccc(F)c(NC(=O)c2ccc(CBr)cc2)c1. The van der Waals surface area contributed by atoms with Gasteiger partial charge >= 0.3 is 0 Å². The Hall–Kier alpha value is -1.88. The molecule has 2 aromatic rings. The number of rotatable bonds is 4. The minimum Gasteiger partial charge on any atom is -0.497 e. The number of benzene rings is 2. The normalized spacial score (nSPS) is 10.2. The molecule has 0 atom stereocenters. The number of hydrogen-bond acceptors (Lipinski definition) is 2. The quantitative estimate of drug-likeness (QED) is 0.857. The van der Waals surface area contributed by atoms with Crippen LogP contribution in [0.15, 0.2) is 42.5 Å². The lowest BCUT2D eigenvalue weighted by molar-refractivity contribution is 0.102. The summed E-state index contributed by atoms with van der Waals surface area (Å²) in [6, 6.07) is 11.3. The second kappa shape index (κ2) is 6.52. The highest BCUT2D eigenvalue weighted by Crippen LogP contribution is 2.21. The van der Waals surface area contributed by atoms with Gasteiger partial charge in [-0.3, -0.25) is 4.79 Å². The van der Waals surface area contributed by atoms with E-state index in [1.165, 1.54) is 25.3 Å². The molecule has 0 bridgehead atoms. The predicted octanol–water partition coefficient (Wildman–Crippen LogP) is 3.98. The lowest BCUT2D eigenvalue weighted by Crippen LogP contribution is -2.13. The molecule has 0 saturated heterocycles. The molecule has 2 aromatic carbocycles. The fourth-order valence-corrected chi connectivity index (χ4v) is 2.04. The van der Waals surface area contributed by atoms with Crippen LogP contribution in [0.5, 0.6) is 5.75 Å². The number of hydrogen-bond donors (Lipinski definition) is 1. The Morgan fingerprint density at radius 2 is 1.95 bits per heavy atom. The predicted molar refractivity (Wildman–Crippen MR) is 80.0 cm³/mol. The summed E-state index contributed by atoms with van der Waals surface area (Å²) in [5, 5.41) is 3.25. The molecule has 0 aromatic heterocycles. The van der Waals surface area contributed by atoms with Gasteiger partial charge in [0.2, 0.25) is 0 Å². The summed E-state index contributed by atoms with van der Waals surface area (Å²) in [7, 11) is 1.48. The van der Waals surface area contributed by atoms with E-state index in [1.807, 2.05) is 12.1 Å². The maximum absolute atomic E-state index is 13.6. The molecule has 0 saturated carbocycles. The van der Waals surface area contributed by atoms with Crippen molar-refractivity contribution in [3.63, 3.8) is 0 Å². The van der Waals surface area contributed by atoms with Gasteiger partial charge in [0, 0.05) is 17.0 Å². The first-order chi connectivity index (χ1) is 9.63. The highest BCUT2D eigenvalue weighted by molar-refractivity contribution is 9.08. The number of anilines is 1. The van der Waals surface area contributed by atoms with E-state index in [1.54, 1.807) is 12.1 Å². The summed E-state index contributed by atoms with van der Waals surface area (Å²) in [6.45, 7) is 0. The molecule has 0 aliphatic carbocycles. The summed E-state index contributed by atoms with van der Waals surface area (Å²) < 4.78 is 18.6. The van der Waals surface area contributed by atoms with E-state index in [-0.39, 0.29) is 11.6 Å². The third-order valence-electron chi connectivity index (χ3n) is 2.79. The fourth-order valence-electron chi connectivity index (χ4n) is 1.67. The summed E-state index contributed by atoms with van der Waals surface area (Å²) in [6.07, 6.45) is 0. The van der Waals surface area contributed by atoms with Gasteiger partial charge in [-0.05, 0) is 29.8 Å². The molecule has 2 rings (SSSR count). The average Bonchev–Trinajstić information content (AvgIpc) is 2.49. The van der Waals surface area contributed by atoms with Crippen LogP contribution in [0.2, 0.25) is 0 Å². The lowest BCUT2D eigenvalue weighted by atomic mass is 10.1. The highest BCUT2D eigenvalue weighted by Gasteiger charge is 2.10. The fraction of sp³-hybridized carbons (Fsp3) is 0.133. The van der Waals surface area contributed by atoms with Gasteiger partial charge < -0.3 is 10.1 Å². The van der Waals surface area contributed by atoms with Crippen molar-refractivity contribution in [3.05, 3.63) is 59.4 Å². The summed E-state index contributed by atoms with van der Waals surface area (Å²) in [5.41, 5.74) is 1.63. The van der Waals surface area contributed by atoms with Crippen molar-refractivity contribution in [2.45, 2.75) is 5.33 Å². The first kappa shape index (κ1) is 14.5. The molecule has 0 fully saturated rings.